The molecule has 0 saturated carbocycles. The number of benzene rings is 1. The van der Waals surface area contributed by atoms with Crippen molar-refractivity contribution >= 4 is 5.97 Å². The number of aliphatic carboxylic acids is 1. The lowest BCUT2D eigenvalue weighted by molar-refractivity contribution is -0.147. The third-order valence-corrected chi connectivity index (χ3v) is 4.20. The van der Waals surface area contributed by atoms with E-state index >= 15 is 0 Å². The molecule has 0 radical (unpaired) electrons. The summed E-state index contributed by atoms with van der Waals surface area (Å²) in [5.41, 5.74) is 1.11. The molecule has 1 aliphatic rings. The van der Waals surface area contributed by atoms with Gasteiger partial charge in [0.1, 0.15) is 0 Å². The summed E-state index contributed by atoms with van der Waals surface area (Å²) in [6.07, 6.45) is 4.71. The second-order valence-corrected chi connectivity index (χ2v) is 6.12. The molecular weight excluding hydrogens is 294 g/mol. The van der Waals surface area contributed by atoms with Crippen LogP contribution >= 0.6 is 0 Å². The van der Waals surface area contributed by atoms with E-state index in [9.17, 15) is 4.79 Å². The number of hydrogen-bond acceptors (Lipinski definition) is 4. The Labute approximate surface area is 138 Å². The molecule has 0 unspecified atom stereocenters. The lowest BCUT2D eigenvalue weighted by atomic mass is 9.99. The highest BCUT2D eigenvalue weighted by molar-refractivity contribution is 5.71. The fourth-order valence-corrected chi connectivity index (χ4v) is 2.75. The topological polar surface area (TPSA) is 59.0 Å². The minimum Gasteiger partial charge on any atom is -0.493 e. The average Bonchev–Trinajstić information content (AvgIpc) is 2.50. The number of nitrogens with zero attached hydrogens (tertiary/aromatic N) is 1. The van der Waals surface area contributed by atoms with E-state index in [2.05, 4.69) is 11.8 Å². The van der Waals surface area contributed by atoms with Crippen molar-refractivity contribution in [2.75, 3.05) is 26.8 Å². The van der Waals surface area contributed by atoms with Gasteiger partial charge in [0.2, 0.25) is 0 Å². The third-order valence-electron chi connectivity index (χ3n) is 4.20. The van der Waals surface area contributed by atoms with Gasteiger partial charge in [0.15, 0.2) is 11.5 Å². The maximum atomic E-state index is 10.8. The molecule has 128 valence electrons. The molecule has 23 heavy (non-hydrogen) atoms. The van der Waals surface area contributed by atoms with E-state index in [1.54, 1.807) is 7.11 Å². The second-order valence-electron chi connectivity index (χ2n) is 6.12. The van der Waals surface area contributed by atoms with Gasteiger partial charge in [-0.1, -0.05) is 32.3 Å². The summed E-state index contributed by atoms with van der Waals surface area (Å²) in [7, 11) is 1.65. The third kappa shape index (κ3) is 5.13. The molecule has 0 spiro atoms. The van der Waals surface area contributed by atoms with Gasteiger partial charge in [-0.3, -0.25) is 9.69 Å². The van der Waals surface area contributed by atoms with Gasteiger partial charge in [0, 0.05) is 19.6 Å². The number of rotatable bonds is 10. The Morgan fingerprint density at radius 1 is 1.26 bits per heavy atom. The fraction of sp³-hybridized carbons (Fsp3) is 0.611. The van der Waals surface area contributed by atoms with Crippen molar-refractivity contribution in [3.8, 4) is 11.5 Å². The first-order valence-corrected chi connectivity index (χ1v) is 8.39. The van der Waals surface area contributed by atoms with Crippen LogP contribution in [0, 0.1) is 5.92 Å². The molecule has 0 amide bonds. The maximum Gasteiger partial charge on any atom is 0.309 e. The van der Waals surface area contributed by atoms with Gasteiger partial charge < -0.3 is 14.6 Å². The van der Waals surface area contributed by atoms with Crippen LogP contribution in [-0.4, -0.2) is 42.8 Å². The summed E-state index contributed by atoms with van der Waals surface area (Å²) >= 11 is 0. The van der Waals surface area contributed by atoms with Crippen molar-refractivity contribution in [3.05, 3.63) is 23.8 Å². The zero-order valence-electron chi connectivity index (χ0n) is 14.1. The lowest BCUT2D eigenvalue weighted by Crippen LogP contribution is -2.49. The molecule has 1 heterocycles. The molecule has 2 rings (SSSR count). The van der Waals surface area contributed by atoms with Gasteiger partial charge >= 0.3 is 5.97 Å². The van der Waals surface area contributed by atoms with Crippen molar-refractivity contribution in [2.24, 2.45) is 5.92 Å². The van der Waals surface area contributed by atoms with E-state index < -0.39 is 5.97 Å². The Morgan fingerprint density at radius 2 is 2.04 bits per heavy atom. The van der Waals surface area contributed by atoms with E-state index in [4.69, 9.17) is 14.6 Å². The molecule has 5 nitrogen and oxygen atoms in total. The van der Waals surface area contributed by atoms with Gasteiger partial charge in [-0.25, -0.2) is 0 Å². The zero-order chi connectivity index (χ0) is 16.7. The summed E-state index contributed by atoms with van der Waals surface area (Å²) in [6.45, 7) is 4.89. The molecule has 1 saturated heterocycles. The summed E-state index contributed by atoms with van der Waals surface area (Å²) in [4.78, 5) is 13.0. The SMILES string of the molecule is CCCCCCOc1ccc(CN2CC(C(=O)O)C2)cc1OC. The molecule has 1 fully saturated rings. The van der Waals surface area contributed by atoms with Gasteiger partial charge in [0.25, 0.3) is 0 Å². The normalized spacial score (nSPS) is 15.2. The van der Waals surface area contributed by atoms with Crippen LogP contribution in [0.3, 0.4) is 0 Å². The van der Waals surface area contributed by atoms with Gasteiger partial charge in [-0.15, -0.1) is 0 Å². The Bertz CT molecular complexity index is 512. The first-order valence-electron chi connectivity index (χ1n) is 8.39. The first-order chi connectivity index (χ1) is 11.1. The van der Waals surface area contributed by atoms with E-state index in [1.165, 1.54) is 19.3 Å². The highest BCUT2D eigenvalue weighted by Gasteiger charge is 2.32. The molecule has 1 aromatic carbocycles. The lowest BCUT2D eigenvalue weighted by Gasteiger charge is -2.36. The summed E-state index contributed by atoms with van der Waals surface area (Å²) in [6, 6.07) is 5.95. The van der Waals surface area contributed by atoms with Gasteiger partial charge in [-0.2, -0.15) is 0 Å². The smallest absolute Gasteiger partial charge is 0.309 e. The molecule has 0 atom stereocenters. The minimum atomic E-state index is -0.703. The Balaban J connectivity index is 1.83. The molecule has 0 bridgehead atoms. The molecular formula is C18H27NO4. The second kappa shape index (κ2) is 8.77. The van der Waals surface area contributed by atoms with Crippen molar-refractivity contribution in [3.63, 3.8) is 0 Å². The largest absolute Gasteiger partial charge is 0.493 e. The maximum absolute atomic E-state index is 10.8. The summed E-state index contributed by atoms with van der Waals surface area (Å²) in [5, 5.41) is 8.91. The first kappa shape index (κ1) is 17.6. The van der Waals surface area contributed by atoms with E-state index in [0.29, 0.717) is 19.7 Å². The van der Waals surface area contributed by atoms with Crippen molar-refractivity contribution in [2.45, 2.75) is 39.2 Å². The standard InChI is InChI=1S/C18H27NO4/c1-3-4-5-6-9-23-16-8-7-14(10-17(16)22-2)11-19-12-15(13-19)18(20)21/h7-8,10,15H,3-6,9,11-13H2,1-2H3,(H,20,21). The van der Waals surface area contributed by atoms with E-state index in [-0.39, 0.29) is 5.92 Å². The monoisotopic (exact) mass is 321 g/mol. The number of methoxy groups -OCH3 is 1. The van der Waals surface area contributed by atoms with Crippen LogP contribution in [0.2, 0.25) is 0 Å². The van der Waals surface area contributed by atoms with Crippen LogP contribution in [0.25, 0.3) is 0 Å². The van der Waals surface area contributed by atoms with Crippen LogP contribution in [0.4, 0.5) is 0 Å². The number of likely N-dealkylation sites (tertiary alicyclic amines) is 1. The van der Waals surface area contributed by atoms with Crippen molar-refractivity contribution < 1.29 is 19.4 Å². The fourth-order valence-electron chi connectivity index (χ4n) is 2.75. The Hall–Kier alpha value is -1.75. The van der Waals surface area contributed by atoms with Crippen LogP contribution in [-0.2, 0) is 11.3 Å². The number of carbonyl (C=O) groups is 1. The van der Waals surface area contributed by atoms with Gasteiger partial charge in [-0.05, 0) is 24.1 Å². The van der Waals surface area contributed by atoms with E-state index in [1.807, 2.05) is 18.2 Å². The number of ether oxygens (including phenoxy) is 2. The number of hydrogen-bond donors (Lipinski definition) is 1. The van der Waals surface area contributed by atoms with E-state index in [0.717, 1.165) is 30.0 Å². The van der Waals surface area contributed by atoms with Crippen LogP contribution in [0.1, 0.15) is 38.2 Å². The molecule has 1 aliphatic heterocycles. The number of carboxylic acid groups (broad SMARTS) is 1. The summed E-state index contributed by atoms with van der Waals surface area (Å²) in [5.74, 6) is 0.598. The van der Waals surface area contributed by atoms with Gasteiger partial charge in [0.05, 0.1) is 19.6 Å². The quantitative estimate of drug-likeness (QED) is 0.671. The Kier molecular flexibility index (Phi) is 6.71. The van der Waals surface area contributed by atoms with Crippen LogP contribution in [0.15, 0.2) is 18.2 Å². The van der Waals surface area contributed by atoms with Crippen molar-refractivity contribution in [1.82, 2.24) is 4.90 Å². The Morgan fingerprint density at radius 3 is 2.70 bits per heavy atom. The molecule has 1 N–H and O–H groups in total. The minimum absolute atomic E-state index is 0.220. The number of carboxylic acids is 1. The molecule has 1 aromatic rings. The number of unbranched alkanes of at least 4 members (excludes halogenated alkanes) is 3. The average molecular weight is 321 g/mol. The molecule has 0 aliphatic carbocycles. The molecule has 0 aromatic heterocycles. The predicted octanol–water partition coefficient (Wildman–Crippen LogP) is 3.17. The van der Waals surface area contributed by atoms with Crippen LogP contribution in [0.5, 0.6) is 11.5 Å². The molecule has 5 heteroatoms. The van der Waals surface area contributed by atoms with Crippen LogP contribution < -0.4 is 9.47 Å². The zero-order valence-corrected chi connectivity index (χ0v) is 14.1. The summed E-state index contributed by atoms with van der Waals surface area (Å²) < 4.78 is 11.2. The van der Waals surface area contributed by atoms with Crippen molar-refractivity contribution in [1.29, 1.82) is 0 Å². The highest BCUT2D eigenvalue weighted by atomic mass is 16.5. The highest BCUT2D eigenvalue weighted by Crippen LogP contribution is 2.29. The predicted molar refractivity (Wildman–Crippen MR) is 89.0 cm³/mol.